The molecule has 0 saturated carbocycles. The standard InChI is InChI=1S/C20H31NO2/c1-12(2)18(19(22)23-8)21-17-10-14(4)13(3)9-16(17)15(5)11-20(21,6)7/h9-10,12,15,18H,11H2,1-8H3. The molecular formula is C20H31NO2. The van der Waals surface area contributed by atoms with E-state index in [1.807, 2.05) is 0 Å². The highest BCUT2D eigenvalue weighted by Gasteiger charge is 2.44. The highest BCUT2D eigenvalue weighted by atomic mass is 16.5. The third-order valence-corrected chi connectivity index (χ3v) is 5.24. The van der Waals surface area contributed by atoms with Crippen LogP contribution in [-0.4, -0.2) is 24.7 Å². The Morgan fingerprint density at radius 2 is 1.83 bits per heavy atom. The van der Waals surface area contributed by atoms with Crippen molar-refractivity contribution >= 4 is 11.7 Å². The summed E-state index contributed by atoms with van der Waals surface area (Å²) in [5.41, 5.74) is 5.04. The molecule has 0 fully saturated rings. The molecule has 0 N–H and O–H groups in total. The Balaban J connectivity index is 2.67. The molecule has 0 radical (unpaired) electrons. The van der Waals surface area contributed by atoms with Gasteiger partial charge in [-0.05, 0) is 68.7 Å². The molecule has 0 aliphatic carbocycles. The minimum absolute atomic E-state index is 0.0861. The molecule has 1 aromatic carbocycles. The van der Waals surface area contributed by atoms with Gasteiger partial charge in [-0.15, -0.1) is 0 Å². The lowest BCUT2D eigenvalue weighted by molar-refractivity contribution is -0.143. The topological polar surface area (TPSA) is 29.5 Å². The third-order valence-electron chi connectivity index (χ3n) is 5.24. The van der Waals surface area contributed by atoms with E-state index in [9.17, 15) is 4.79 Å². The number of hydrogen-bond acceptors (Lipinski definition) is 3. The molecule has 0 aromatic heterocycles. The fourth-order valence-corrected chi connectivity index (χ4v) is 4.03. The third kappa shape index (κ3) is 3.11. The Morgan fingerprint density at radius 3 is 2.35 bits per heavy atom. The van der Waals surface area contributed by atoms with Crippen molar-refractivity contribution in [1.82, 2.24) is 0 Å². The van der Waals surface area contributed by atoms with Crippen molar-refractivity contribution in [3.63, 3.8) is 0 Å². The predicted molar refractivity (Wildman–Crippen MR) is 96.1 cm³/mol. The van der Waals surface area contributed by atoms with Gasteiger partial charge >= 0.3 is 5.97 Å². The van der Waals surface area contributed by atoms with Crippen molar-refractivity contribution in [2.45, 2.75) is 72.4 Å². The molecule has 128 valence electrons. The van der Waals surface area contributed by atoms with Crippen molar-refractivity contribution in [1.29, 1.82) is 0 Å². The molecule has 23 heavy (non-hydrogen) atoms. The number of anilines is 1. The first-order valence-electron chi connectivity index (χ1n) is 8.58. The van der Waals surface area contributed by atoms with E-state index in [0.717, 1.165) is 6.42 Å². The Hall–Kier alpha value is -1.51. The van der Waals surface area contributed by atoms with Crippen LogP contribution >= 0.6 is 0 Å². The van der Waals surface area contributed by atoms with Gasteiger partial charge in [0.05, 0.1) is 7.11 Å². The van der Waals surface area contributed by atoms with E-state index in [1.54, 1.807) is 0 Å². The van der Waals surface area contributed by atoms with Crippen LogP contribution in [0.1, 0.15) is 63.6 Å². The number of carbonyl (C=O) groups is 1. The van der Waals surface area contributed by atoms with Crippen molar-refractivity contribution in [2.24, 2.45) is 5.92 Å². The summed E-state index contributed by atoms with van der Waals surface area (Å²) in [5, 5.41) is 0. The van der Waals surface area contributed by atoms with Gasteiger partial charge < -0.3 is 9.64 Å². The first-order chi connectivity index (χ1) is 10.6. The van der Waals surface area contributed by atoms with Gasteiger partial charge in [0.25, 0.3) is 0 Å². The molecule has 0 amide bonds. The summed E-state index contributed by atoms with van der Waals surface area (Å²) in [6.45, 7) is 15.2. The highest BCUT2D eigenvalue weighted by molar-refractivity contribution is 5.82. The first kappa shape index (κ1) is 17.8. The van der Waals surface area contributed by atoms with Crippen LogP contribution in [0.3, 0.4) is 0 Å². The molecule has 1 aromatic rings. The largest absolute Gasteiger partial charge is 0.467 e. The van der Waals surface area contributed by atoms with Crippen LogP contribution in [0.15, 0.2) is 12.1 Å². The van der Waals surface area contributed by atoms with E-state index in [4.69, 9.17) is 4.74 Å². The molecule has 2 atom stereocenters. The van der Waals surface area contributed by atoms with Crippen LogP contribution in [0, 0.1) is 19.8 Å². The number of fused-ring (bicyclic) bond motifs is 1. The van der Waals surface area contributed by atoms with Crippen LogP contribution in [0.25, 0.3) is 0 Å². The van der Waals surface area contributed by atoms with E-state index >= 15 is 0 Å². The maximum atomic E-state index is 12.5. The van der Waals surface area contributed by atoms with Gasteiger partial charge in [0.1, 0.15) is 6.04 Å². The first-order valence-corrected chi connectivity index (χ1v) is 8.58. The SMILES string of the molecule is COC(=O)C(C(C)C)N1c2cc(C)c(C)cc2C(C)CC1(C)C. The molecule has 2 unspecified atom stereocenters. The zero-order valence-corrected chi connectivity index (χ0v) is 15.9. The zero-order chi connectivity index (χ0) is 17.5. The van der Waals surface area contributed by atoms with Gasteiger partial charge in [-0.3, -0.25) is 0 Å². The fourth-order valence-electron chi connectivity index (χ4n) is 4.03. The molecule has 1 aliphatic rings. The zero-order valence-electron chi connectivity index (χ0n) is 15.9. The van der Waals surface area contributed by atoms with Gasteiger partial charge in [0, 0.05) is 11.2 Å². The minimum Gasteiger partial charge on any atom is -0.467 e. The van der Waals surface area contributed by atoms with Gasteiger partial charge in [0.15, 0.2) is 0 Å². The van der Waals surface area contributed by atoms with Crippen LogP contribution < -0.4 is 4.90 Å². The second kappa shape index (κ2) is 6.18. The molecule has 1 heterocycles. The Kier molecular flexibility index (Phi) is 4.79. The predicted octanol–water partition coefficient (Wildman–Crippen LogP) is 4.59. The van der Waals surface area contributed by atoms with Crippen LogP contribution in [0.5, 0.6) is 0 Å². The number of rotatable bonds is 3. The lowest BCUT2D eigenvalue weighted by Crippen LogP contribution is -2.58. The summed E-state index contributed by atoms with van der Waals surface area (Å²) in [5.74, 6) is 0.525. The van der Waals surface area contributed by atoms with E-state index in [0.29, 0.717) is 5.92 Å². The summed E-state index contributed by atoms with van der Waals surface area (Å²) >= 11 is 0. The summed E-state index contributed by atoms with van der Waals surface area (Å²) in [6.07, 6.45) is 1.03. The maximum Gasteiger partial charge on any atom is 0.328 e. The number of esters is 1. The van der Waals surface area contributed by atoms with Crippen LogP contribution in [0.4, 0.5) is 5.69 Å². The number of methoxy groups -OCH3 is 1. The monoisotopic (exact) mass is 317 g/mol. The number of benzene rings is 1. The van der Waals surface area contributed by atoms with Crippen molar-refractivity contribution in [3.05, 3.63) is 28.8 Å². The molecule has 2 rings (SSSR count). The van der Waals surface area contributed by atoms with E-state index < -0.39 is 0 Å². The molecular weight excluding hydrogens is 286 g/mol. The molecule has 0 bridgehead atoms. The molecule has 3 heteroatoms. The lowest BCUT2D eigenvalue weighted by Gasteiger charge is -2.51. The molecule has 0 saturated heterocycles. The smallest absolute Gasteiger partial charge is 0.328 e. The van der Waals surface area contributed by atoms with Gasteiger partial charge in [-0.1, -0.05) is 26.8 Å². The van der Waals surface area contributed by atoms with Gasteiger partial charge in [-0.25, -0.2) is 4.79 Å². The Bertz CT molecular complexity index is 604. The number of ether oxygens (including phenoxy) is 1. The summed E-state index contributed by atoms with van der Waals surface area (Å²) < 4.78 is 5.14. The van der Waals surface area contributed by atoms with Crippen molar-refractivity contribution in [3.8, 4) is 0 Å². The Labute approximate surface area is 141 Å². The Morgan fingerprint density at radius 1 is 1.26 bits per heavy atom. The second-order valence-corrected chi connectivity index (χ2v) is 7.99. The number of hydrogen-bond donors (Lipinski definition) is 0. The van der Waals surface area contributed by atoms with Gasteiger partial charge in [-0.2, -0.15) is 0 Å². The quantitative estimate of drug-likeness (QED) is 0.763. The van der Waals surface area contributed by atoms with Crippen molar-refractivity contribution in [2.75, 3.05) is 12.0 Å². The van der Waals surface area contributed by atoms with Crippen LogP contribution in [-0.2, 0) is 9.53 Å². The van der Waals surface area contributed by atoms with E-state index in [1.165, 1.54) is 29.5 Å². The van der Waals surface area contributed by atoms with Gasteiger partial charge in [0.2, 0.25) is 0 Å². The average Bonchev–Trinajstić information content (AvgIpc) is 2.44. The second-order valence-electron chi connectivity index (χ2n) is 7.99. The molecule has 1 aliphatic heterocycles. The van der Waals surface area contributed by atoms with Crippen molar-refractivity contribution < 1.29 is 9.53 Å². The number of aryl methyl sites for hydroxylation is 2. The molecule has 3 nitrogen and oxygen atoms in total. The van der Waals surface area contributed by atoms with E-state index in [2.05, 4.69) is 65.5 Å². The summed E-state index contributed by atoms with van der Waals surface area (Å²) in [7, 11) is 1.48. The lowest BCUT2D eigenvalue weighted by atomic mass is 9.77. The summed E-state index contributed by atoms with van der Waals surface area (Å²) in [4.78, 5) is 14.8. The average molecular weight is 317 g/mol. The summed E-state index contributed by atoms with van der Waals surface area (Å²) in [6, 6.07) is 4.29. The minimum atomic E-state index is -0.261. The number of carbonyl (C=O) groups excluding carboxylic acids is 1. The number of nitrogens with zero attached hydrogens (tertiary/aromatic N) is 1. The normalized spacial score (nSPS) is 21.1. The fraction of sp³-hybridized carbons (Fsp3) is 0.650. The van der Waals surface area contributed by atoms with E-state index in [-0.39, 0.29) is 23.5 Å². The van der Waals surface area contributed by atoms with Crippen LogP contribution in [0.2, 0.25) is 0 Å². The maximum absolute atomic E-state index is 12.5. The molecule has 0 spiro atoms. The highest BCUT2D eigenvalue weighted by Crippen LogP contribution is 2.46.